The van der Waals surface area contributed by atoms with E-state index in [-0.39, 0.29) is 18.2 Å². The molecular weight excluding hydrogens is 382 g/mol. The zero-order valence-corrected chi connectivity index (χ0v) is 16.1. The minimum atomic E-state index is -0.351. The van der Waals surface area contributed by atoms with Gasteiger partial charge in [-0.3, -0.25) is 4.79 Å². The molecule has 148 valence electrons. The molecule has 0 aliphatic rings. The number of methoxy groups -OCH3 is 1. The van der Waals surface area contributed by atoms with E-state index in [4.69, 9.17) is 13.7 Å². The number of furan rings is 1. The van der Waals surface area contributed by atoms with Crippen molar-refractivity contribution < 1.29 is 18.5 Å². The highest BCUT2D eigenvalue weighted by Gasteiger charge is 2.16. The molecule has 2 heterocycles. The van der Waals surface area contributed by atoms with E-state index in [0.29, 0.717) is 23.0 Å². The van der Waals surface area contributed by atoms with Crippen molar-refractivity contribution >= 4 is 27.6 Å². The maximum atomic E-state index is 12.6. The van der Waals surface area contributed by atoms with Crippen LogP contribution in [-0.4, -0.2) is 23.2 Å². The Kier molecular flexibility index (Phi) is 4.40. The topological polar surface area (TPSA) is 90.4 Å². The Balaban J connectivity index is 1.33. The SMILES string of the molecule is COc1cccc(-c2noc(CNC(=O)c3cc4c(ccc5ccccc54)o3)n2)c1. The van der Waals surface area contributed by atoms with E-state index in [9.17, 15) is 4.79 Å². The summed E-state index contributed by atoms with van der Waals surface area (Å²) in [7, 11) is 1.59. The highest BCUT2D eigenvalue weighted by molar-refractivity contribution is 6.08. The molecule has 3 aromatic carbocycles. The normalized spacial score (nSPS) is 11.1. The zero-order valence-electron chi connectivity index (χ0n) is 16.1. The van der Waals surface area contributed by atoms with Crippen LogP contribution in [0, 0.1) is 0 Å². The number of fused-ring (bicyclic) bond motifs is 3. The number of nitrogens with zero attached hydrogens (tertiary/aromatic N) is 2. The van der Waals surface area contributed by atoms with E-state index in [0.717, 1.165) is 21.7 Å². The van der Waals surface area contributed by atoms with Gasteiger partial charge >= 0.3 is 0 Å². The number of carbonyl (C=O) groups is 1. The van der Waals surface area contributed by atoms with Crippen molar-refractivity contribution in [1.29, 1.82) is 0 Å². The predicted octanol–water partition coefficient (Wildman–Crippen LogP) is 4.57. The number of benzene rings is 3. The summed E-state index contributed by atoms with van der Waals surface area (Å²) in [6, 6.07) is 20.9. The molecule has 0 saturated carbocycles. The van der Waals surface area contributed by atoms with Crippen LogP contribution in [0.3, 0.4) is 0 Å². The number of hydrogen-bond donors (Lipinski definition) is 1. The number of hydrogen-bond acceptors (Lipinski definition) is 6. The molecular formula is C23H17N3O4. The molecule has 0 atom stereocenters. The van der Waals surface area contributed by atoms with Crippen LogP contribution < -0.4 is 10.1 Å². The highest BCUT2D eigenvalue weighted by Crippen LogP contribution is 2.28. The van der Waals surface area contributed by atoms with E-state index in [2.05, 4.69) is 15.5 Å². The summed E-state index contributed by atoms with van der Waals surface area (Å²) in [6.07, 6.45) is 0. The lowest BCUT2D eigenvalue weighted by Crippen LogP contribution is -2.22. The Morgan fingerprint density at radius 1 is 1.03 bits per heavy atom. The molecule has 0 bridgehead atoms. The summed E-state index contributed by atoms with van der Waals surface area (Å²) in [5.74, 6) is 1.30. The number of amides is 1. The van der Waals surface area contributed by atoms with Gasteiger partial charge in [-0.2, -0.15) is 4.98 Å². The third kappa shape index (κ3) is 3.26. The van der Waals surface area contributed by atoms with Crippen LogP contribution in [-0.2, 0) is 6.54 Å². The first kappa shape index (κ1) is 17.9. The highest BCUT2D eigenvalue weighted by atomic mass is 16.5. The van der Waals surface area contributed by atoms with E-state index >= 15 is 0 Å². The van der Waals surface area contributed by atoms with Crippen LogP contribution in [0.1, 0.15) is 16.4 Å². The van der Waals surface area contributed by atoms with Gasteiger partial charge in [-0.25, -0.2) is 0 Å². The number of rotatable bonds is 5. The first-order chi connectivity index (χ1) is 14.7. The summed E-state index contributed by atoms with van der Waals surface area (Å²) < 4.78 is 16.2. The van der Waals surface area contributed by atoms with Crippen molar-refractivity contribution in [2.24, 2.45) is 0 Å². The zero-order chi connectivity index (χ0) is 20.5. The molecule has 7 nitrogen and oxygen atoms in total. The van der Waals surface area contributed by atoms with Crippen LogP contribution in [0.15, 0.2) is 75.7 Å². The summed E-state index contributed by atoms with van der Waals surface area (Å²) in [5, 5.41) is 9.75. The molecule has 7 heteroatoms. The van der Waals surface area contributed by atoms with Gasteiger partial charge in [-0.1, -0.05) is 47.6 Å². The minimum Gasteiger partial charge on any atom is -0.497 e. The first-order valence-electron chi connectivity index (χ1n) is 9.38. The van der Waals surface area contributed by atoms with Gasteiger partial charge in [0.2, 0.25) is 11.7 Å². The molecule has 0 aliphatic heterocycles. The second-order valence-corrected chi connectivity index (χ2v) is 6.74. The monoisotopic (exact) mass is 399 g/mol. The lowest BCUT2D eigenvalue weighted by atomic mass is 10.1. The molecule has 0 aliphatic carbocycles. The van der Waals surface area contributed by atoms with Gasteiger partial charge in [0, 0.05) is 10.9 Å². The Labute approximate surface area is 171 Å². The molecule has 0 radical (unpaired) electrons. The molecule has 1 N–H and O–H groups in total. The van der Waals surface area contributed by atoms with Gasteiger partial charge in [-0.15, -0.1) is 0 Å². The van der Waals surface area contributed by atoms with E-state index in [1.165, 1.54) is 0 Å². The lowest BCUT2D eigenvalue weighted by molar-refractivity contribution is 0.0920. The van der Waals surface area contributed by atoms with Crippen molar-refractivity contribution in [3.8, 4) is 17.1 Å². The van der Waals surface area contributed by atoms with Crippen LogP contribution in [0.4, 0.5) is 0 Å². The molecule has 0 spiro atoms. The predicted molar refractivity (Wildman–Crippen MR) is 111 cm³/mol. The van der Waals surface area contributed by atoms with Crippen molar-refractivity contribution in [3.05, 3.63) is 78.4 Å². The Morgan fingerprint density at radius 3 is 2.83 bits per heavy atom. The van der Waals surface area contributed by atoms with Crippen molar-refractivity contribution in [1.82, 2.24) is 15.5 Å². The van der Waals surface area contributed by atoms with E-state index in [1.54, 1.807) is 13.2 Å². The first-order valence-corrected chi connectivity index (χ1v) is 9.38. The fourth-order valence-corrected chi connectivity index (χ4v) is 3.35. The van der Waals surface area contributed by atoms with Gasteiger partial charge < -0.3 is 19.0 Å². The fraction of sp³-hybridized carbons (Fsp3) is 0.0870. The summed E-state index contributed by atoms with van der Waals surface area (Å²) in [6.45, 7) is 0.0909. The van der Waals surface area contributed by atoms with E-state index in [1.807, 2.05) is 60.7 Å². The standard InChI is InChI=1S/C23H17N3O4/c1-28-16-7-4-6-15(11-16)22-25-21(30-26-22)13-24-23(27)20-12-18-17-8-3-2-5-14(17)9-10-19(18)29-20/h2-12H,13H2,1H3,(H,24,27). The molecule has 1 amide bonds. The summed E-state index contributed by atoms with van der Waals surface area (Å²) in [5.41, 5.74) is 1.43. The van der Waals surface area contributed by atoms with Gasteiger partial charge in [-0.05, 0) is 35.0 Å². The van der Waals surface area contributed by atoms with Crippen LogP contribution in [0.5, 0.6) is 5.75 Å². The third-order valence-corrected chi connectivity index (χ3v) is 4.85. The molecule has 30 heavy (non-hydrogen) atoms. The number of carbonyl (C=O) groups excluding carboxylic acids is 1. The lowest BCUT2D eigenvalue weighted by Gasteiger charge is -2.00. The van der Waals surface area contributed by atoms with Gasteiger partial charge in [0.25, 0.3) is 5.91 Å². The van der Waals surface area contributed by atoms with Gasteiger partial charge in [0.1, 0.15) is 11.3 Å². The quantitative estimate of drug-likeness (QED) is 0.465. The molecule has 0 saturated heterocycles. The second-order valence-electron chi connectivity index (χ2n) is 6.74. The molecule has 2 aromatic heterocycles. The van der Waals surface area contributed by atoms with Crippen LogP contribution in [0.2, 0.25) is 0 Å². The second kappa shape index (κ2) is 7.36. The van der Waals surface area contributed by atoms with Crippen LogP contribution >= 0.6 is 0 Å². The van der Waals surface area contributed by atoms with Crippen molar-refractivity contribution in [2.45, 2.75) is 6.54 Å². The molecule has 0 unspecified atom stereocenters. The van der Waals surface area contributed by atoms with Gasteiger partial charge in [0.15, 0.2) is 5.76 Å². The van der Waals surface area contributed by atoms with Crippen molar-refractivity contribution in [3.63, 3.8) is 0 Å². The molecule has 5 rings (SSSR count). The summed E-state index contributed by atoms with van der Waals surface area (Å²) >= 11 is 0. The Bertz CT molecular complexity index is 1370. The average Bonchev–Trinajstić information content (AvgIpc) is 3.45. The van der Waals surface area contributed by atoms with Gasteiger partial charge in [0.05, 0.1) is 13.7 Å². The average molecular weight is 399 g/mol. The van der Waals surface area contributed by atoms with Crippen LogP contribution in [0.25, 0.3) is 33.1 Å². The summed E-state index contributed by atoms with van der Waals surface area (Å²) in [4.78, 5) is 16.9. The number of aromatic nitrogens is 2. The molecule has 5 aromatic rings. The largest absolute Gasteiger partial charge is 0.497 e. The minimum absolute atomic E-state index is 0.0909. The van der Waals surface area contributed by atoms with Crippen molar-refractivity contribution in [2.75, 3.05) is 7.11 Å². The maximum absolute atomic E-state index is 12.6. The smallest absolute Gasteiger partial charge is 0.287 e. The molecule has 0 fully saturated rings. The third-order valence-electron chi connectivity index (χ3n) is 4.85. The number of nitrogens with one attached hydrogen (secondary N) is 1. The number of ether oxygens (including phenoxy) is 1. The van der Waals surface area contributed by atoms with E-state index < -0.39 is 0 Å². The maximum Gasteiger partial charge on any atom is 0.287 e. The Morgan fingerprint density at radius 2 is 1.93 bits per heavy atom. The fourth-order valence-electron chi connectivity index (χ4n) is 3.35. The Hall–Kier alpha value is -4.13.